The molecule has 0 spiro atoms. The molecule has 1 aromatic carbocycles. The number of anilines is 1. The third kappa shape index (κ3) is 2.73. The Morgan fingerprint density at radius 3 is 2.73 bits per heavy atom. The largest absolute Gasteiger partial charge is 0.352 e. The summed E-state index contributed by atoms with van der Waals surface area (Å²) in [6.45, 7) is 7.08. The highest BCUT2D eigenvalue weighted by Gasteiger charge is 2.32. The van der Waals surface area contributed by atoms with Gasteiger partial charge < -0.3 is 10.2 Å². The average Bonchev–Trinajstić information content (AvgIpc) is 2.40. The Morgan fingerprint density at radius 2 is 2.05 bits per heavy atom. The summed E-state index contributed by atoms with van der Waals surface area (Å²) in [7, 11) is 0. The summed E-state index contributed by atoms with van der Waals surface area (Å²) in [6.07, 6.45) is 1.44. The van der Waals surface area contributed by atoms with E-state index in [1.165, 1.54) is 18.5 Å². The summed E-state index contributed by atoms with van der Waals surface area (Å²) >= 11 is 0. The fraction of sp³-hybridized carbons (Fsp3) is 0.438. The molecule has 0 atom stereocenters. The Bertz CT molecular complexity index is 720. The molecule has 22 heavy (non-hydrogen) atoms. The number of hydrogen-bond acceptors (Lipinski definition) is 4. The normalized spacial score (nSPS) is 15.7. The van der Waals surface area contributed by atoms with Gasteiger partial charge in [-0.05, 0) is 12.1 Å². The maximum absolute atomic E-state index is 13.3. The van der Waals surface area contributed by atoms with E-state index in [9.17, 15) is 9.18 Å². The molecule has 1 amide bonds. The van der Waals surface area contributed by atoms with Crippen molar-refractivity contribution in [3.63, 3.8) is 0 Å². The molecule has 5 nitrogen and oxygen atoms in total. The topological polar surface area (TPSA) is 58.1 Å². The van der Waals surface area contributed by atoms with E-state index in [0.29, 0.717) is 18.6 Å². The van der Waals surface area contributed by atoms with Crippen LogP contribution in [0.5, 0.6) is 0 Å². The molecule has 0 saturated carbocycles. The van der Waals surface area contributed by atoms with Gasteiger partial charge in [-0.2, -0.15) is 0 Å². The van der Waals surface area contributed by atoms with Crippen molar-refractivity contribution in [2.45, 2.75) is 26.8 Å². The zero-order valence-electron chi connectivity index (χ0n) is 12.9. The monoisotopic (exact) mass is 302 g/mol. The van der Waals surface area contributed by atoms with Crippen molar-refractivity contribution in [3.8, 4) is 0 Å². The molecule has 0 aliphatic carbocycles. The first-order valence-electron chi connectivity index (χ1n) is 7.31. The van der Waals surface area contributed by atoms with Gasteiger partial charge in [-0.3, -0.25) is 4.79 Å². The lowest BCUT2D eigenvalue weighted by atomic mass is 9.94. The molecule has 1 aliphatic heterocycles. The zero-order chi connectivity index (χ0) is 15.9. The van der Waals surface area contributed by atoms with Gasteiger partial charge in [0.1, 0.15) is 18.0 Å². The smallest absolute Gasteiger partial charge is 0.225 e. The molecule has 3 rings (SSSR count). The standard InChI is InChI=1S/C16H19FN4O/c1-16(2,3)15(22)20-11-7-21(8-11)14-12-5-4-10(17)6-13(12)18-9-19-14/h4-6,9,11H,7-8H2,1-3H3,(H,20,22). The zero-order valence-corrected chi connectivity index (χ0v) is 12.9. The number of carbonyl (C=O) groups is 1. The molecular weight excluding hydrogens is 283 g/mol. The SMILES string of the molecule is CC(C)(C)C(=O)NC1CN(c2ncnc3cc(F)ccc23)C1. The Labute approximate surface area is 128 Å². The number of halogens is 1. The summed E-state index contributed by atoms with van der Waals surface area (Å²) < 4.78 is 13.3. The maximum Gasteiger partial charge on any atom is 0.225 e. The highest BCUT2D eigenvalue weighted by Crippen LogP contribution is 2.27. The second-order valence-corrected chi connectivity index (χ2v) is 6.68. The van der Waals surface area contributed by atoms with Crippen molar-refractivity contribution in [1.29, 1.82) is 0 Å². The van der Waals surface area contributed by atoms with Gasteiger partial charge in [-0.15, -0.1) is 0 Å². The van der Waals surface area contributed by atoms with Gasteiger partial charge in [0.25, 0.3) is 0 Å². The summed E-state index contributed by atoms with van der Waals surface area (Å²) in [5.41, 5.74) is 0.201. The lowest BCUT2D eigenvalue weighted by Gasteiger charge is -2.41. The minimum absolute atomic E-state index is 0.0479. The Hall–Kier alpha value is -2.24. The van der Waals surface area contributed by atoms with Gasteiger partial charge in [-0.1, -0.05) is 20.8 Å². The van der Waals surface area contributed by atoms with E-state index in [-0.39, 0.29) is 23.2 Å². The lowest BCUT2D eigenvalue weighted by Crippen LogP contribution is -2.61. The molecule has 2 aromatic rings. The molecule has 6 heteroatoms. The van der Waals surface area contributed by atoms with Crippen molar-refractivity contribution >= 4 is 22.6 Å². The van der Waals surface area contributed by atoms with E-state index in [1.54, 1.807) is 6.07 Å². The number of aromatic nitrogens is 2. The van der Waals surface area contributed by atoms with E-state index in [2.05, 4.69) is 20.2 Å². The van der Waals surface area contributed by atoms with Gasteiger partial charge in [-0.25, -0.2) is 14.4 Å². The van der Waals surface area contributed by atoms with E-state index >= 15 is 0 Å². The number of hydrogen-bond donors (Lipinski definition) is 1. The second kappa shape index (κ2) is 5.19. The van der Waals surface area contributed by atoms with Crippen molar-refractivity contribution in [2.75, 3.05) is 18.0 Å². The predicted molar refractivity (Wildman–Crippen MR) is 83.1 cm³/mol. The number of fused-ring (bicyclic) bond motifs is 1. The Kier molecular flexibility index (Phi) is 3.47. The predicted octanol–water partition coefficient (Wildman–Crippen LogP) is 2.12. The summed E-state index contributed by atoms with van der Waals surface area (Å²) in [4.78, 5) is 22.4. The van der Waals surface area contributed by atoms with Crippen LogP contribution in [0, 0.1) is 11.2 Å². The molecule has 116 valence electrons. The summed E-state index contributed by atoms with van der Waals surface area (Å²) in [5, 5.41) is 3.85. The lowest BCUT2D eigenvalue weighted by molar-refractivity contribution is -0.129. The molecular formula is C16H19FN4O. The van der Waals surface area contributed by atoms with Crippen LogP contribution in [-0.4, -0.2) is 35.0 Å². The van der Waals surface area contributed by atoms with Crippen LogP contribution in [0.2, 0.25) is 0 Å². The minimum Gasteiger partial charge on any atom is -0.352 e. The molecule has 0 radical (unpaired) electrons. The van der Waals surface area contributed by atoms with Crippen LogP contribution >= 0.6 is 0 Å². The van der Waals surface area contributed by atoms with Crippen LogP contribution in [0.4, 0.5) is 10.2 Å². The van der Waals surface area contributed by atoms with Gasteiger partial charge in [0.2, 0.25) is 5.91 Å². The molecule has 1 N–H and O–H groups in total. The fourth-order valence-electron chi connectivity index (χ4n) is 2.41. The van der Waals surface area contributed by atoms with Crippen molar-refractivity contribution in [3.05, 3.63) is 30.3 Å². The highest BCUT2D eigenvalue weighted by molar-refractivity contribution is 5.90. The van der Waals surface area contributed by atoms with Crippen molar-refractivity contribution in [1.82, 2.24) is 15.3 Å². The molecule has 2 heterocycles. The number of benzene rings is 1. The van der Waals surface area contributed by atoms with Gasteiger partial charge >= 0.3 is 0 Å². The van der Waals surface area contributed by atoms with E-state index < -0.39 is 0 Å². The molecule has 0 bridgehead atoms. The van der Waals surface area contributed by atoms with Crippen LogP contribution in [0.3, 0.4) is 0 Å². The second-order valence-electron chi connectivity index (χ2n) is 6.68. The fourth-order valence-corrected chi connectivity index (χ4v) is 2.41. The number of carbonyl (C=O) groups excluding carboxylic acids is 1. The van der Waals surface area contributed by atoms with Crippen LogP contribution in [0.15, 0.2) is 24.5 Å². The van der Waals surface area contributed by atoms with E-state index in [0.717, 1.165) is 11.2 Å². The number of nitrogens with one attached hydrogen (secondary N) is 1. The number of rotatable bonds is 2. The maximum atomic E-state index is 13.3. The van der Waals surface area contributed by atoms with Crippen LogP contribution in [-0.2, 0) is 4.79 Å². The Morgan fingerprint density at radius 1 is 1.32 bits per heavy atom. The molecule has 1 aliphatic rings. The third-order valence-corrected chi connectivity index (χ3v) is 3.78. The van der Waals surface area contributed by atoms with Crippen LogP contribution in [0.1, 0.15) is 20.8 Å². The van der Waals surface area contributed by atoms with Crippen molar-refractivity contribution < 1.29 is 9.18 Å². The number of nitrogens with zero attached hydrogens (tertiary/aromatic N) is 3. The molecule has 0 unspecified atom stereocenters. The highest BCUT2D eigenvalue weighted by atomic mass is 19.1. The van der Waals surface area contributed by atoms with Crippen molar-refractivity contribution in [2.24, 2.45) is 5.41 Å². The molecule has 1 fully saturated rings. The van der Waals surface area contributed by atoms with E-state index in [1.807, 2.05) is 20.8 Å². The average molecular weight is 302 g/mol. The van der Waals surface area contributed by atoms with Crippen LogP contribution in [0.25, 0.3) is 10.9 Å². The number of amides is 1. The van der Waals surface area contributed by atoms with Gasteiger partial charge in [0, 0.05) is 30.0 Å². The molecule has 1 aromatic heterocycles. The van der Waals surface area contributed by atoms with E-state index in [4.69, 9.17) is 0 Å². The first-order valence-corrected chi connectivity index (χ1v) is 7.31. The van der Waals surface area contributed by atoms with Crippen LogP contribution < -0.4 is 10.2 Å². The third-order valence-electron chi connectivity index (χ3n) is 3.78. The summed E-state index contributed by atoms with van der Waals surface area (Å²) in [5.74, 6) is 0.522. The first kappa shape index (κ1) is 14.7. The first-order chi connectivity index (χ1) is 10.3. The summed E-state index contributed by atoms with van der Waals surface area (Å²) in [6, 6.07) is 4.63. The molecule has 1 saturated heterocycles. The van der Waals surface area contributed by atoms with Gasteiger partial charge in [0.15, 0.2) is 0 Å². The quantitative estimate of drug-likeness (QED) is 0.923. The van der Waals surface area contributed by atoms with Gasteiger partial charge in [0.05, 0.1) is 11.6 Å². The minimum atomic E-state index is -0.389. The Balaban J connectivity index is 1.72.